The van der Waals surface area contributed by atoms with E-state index in [2.05, 4.69) is 16.7 Å². The molecule has 1 heterocycles. The Morgan fingerprint density at radius 2 is 1.96 bits per heavy atom. The Kier molecular flexibility index (Phi) is 5.18. The van der Waals surface area contributed by atoms with Crippen molar-refractivity contribution >= 4 is 28.9 Å². The number of para-hydroxylation sites is 2. The minimum absolute atomic E-state index is 0.0134. The summed E-state index contributed by atoms with van der Waals surface area (Å²) in [7, 11) is 0. The third-order valence-corrected chi connectivity index (χ3v) is 4.33. The summed E-state index contributed by atoms with van der Waals surface area (Å²) in [5, 5.41) is 14.6. The van der Waals surface area contributed by atoms with Gasteiger partial charge in [-0.05, 0) is 31.2 Å². The molecule has 6 nitrogen and oxygen atoms in total. The van der Waals surface area contributed by atoms with Crippen LogP contribution in [0.5, 0.6) is 0 Å². The van der Waals surface area contributed by atoms with Crippen LogP contribution in [0.4, 0.5) is 17.1 Å². The Bertz CT molecular complexity index is 855. The number of hydrogen-bond donors (Lipinski definition) is 2. The first kappa shape index (κ1) is 17.5. The molecule has 3 rings (SSSR count). The Morgan fingerprint density at radius 1 is 1.23 bits per heavy atom. The molecule has 0 saturated heterocycles. The number of nitrogens with zero attached hydrogens (tertiary/aromatic N) is 2. The molecule has 2 aromatic carbocycles. The number of nitriles is 1. The van der Waals surface area contributed by atoms with Crippen molar-refractivity contribution in [3.63, 3.8) is 0 Å². The summed E-state index contributed by atoms with van der Waals surface area (Å²) in [5.41, 5.74) is 3.33. The molecule has 0 aliphatic carbocycles. The Balaban J connectivity index is 1.78. The van der Waals surface area contributed by atoms with Gasteiger partial charge in [-0.1, -0.05) is 29.8 Å². The number of anilines is 3. The molecule has 26 heavy (non-hydrogen) atoms. The molecule has 0 radical (unpaired) electrons. The van der Waals surface area contributed by atoms with E-state index in [1.54, 1.807) is 0 Å². The summed E-state index contributed by atoms with van der Waals surface area (Å²) >= 11 is 0. The standard InChI is InChI=1S/C20H20N4O2/c1-14-7-9-15(10-8-14)22-19(25)13-18-20(26)23-16-5-2-3-6-17(16)24(18)12-4-11-21/h2-3,5-10,18H,4,12-13H2,1H3,(H,22,25)(H,23,26)/t18-/m0/s1. The molecule has 2 amide bonds. The third kappa shape index (κ3) is 3.83. The van der Waals surface area contributed by atoms with Gasteiger partial charge < -0.3 is 15.5 Å². The second-order valence-electron chi connectivity index (χ2n) is 6.24. The quantitative estimate of drug-likeness (QED) is 0.869. The Hall–Kier alpha value is -3.33. The fourth-order valence-electron chi connectivity index (χ4n) is 3.03. The normalized spacial score (nSPS) is 15.6. The van der Waals surface area contributed by atoms with Crippen LogP contribution in [0.15, 0.2) is 48.5 Å². The second kappa shape index (κ2) is 7.70. The van der Waals surface area contributed by atoms with Crippen molar-refractivity contribution in [3.05, 3.63) is 54.1 Å². The van der Waals surface area contributed by atoms with Gasteiger partial charge in [-0.3, -0.25) is 9.59 Å². The van der Waals surface area contributed by atoms with E-state index in [1.807, 2.05) is 60.4 Å². The maximum absolute atomic E-state index is 12.5. The second-order valence-corrected chi connectivity index (χ2v) is 6.24. The lowest BCUT2D eigenvalue weighted by Gasteiger charge is -2.37. The van der Waals surface area contributed by atoms with Gasteiger partial charge in [0.1, 0.15) is 6.04 Å². The van der Waals surface area contributed by atoms with Gasteiger partial charge >= 0.3 is 0 Å². The van der Waals surface area contributed by atoms with Gasteiger partial charge in [0, 0.05) is 12.2 Å². The zero-order chi connectivity index (χ0) is 18.5. The first-order chi connectivity index (χ1) is 12.6. The van der Waals surface area contributed by atoms with E-state index < -0.39 is 6.04 Å². The molecule has 0 bridgehead atoms. The van der Waals surface area contributed by atoms with Crippen molar-refractivity contribution in [1.29, 1.82) is 5.26 Å². The van der Waals surface area contributed by atoms with E-state index >= 15 is 0 Å². The predicted molar refractivity (Wildman–Crippen MR) is 101 cm³/mol. The molecule has 2 N–H and O–H groups in total. The van der Waals surface area contributed by atoms with Gasteiger partial charge in [0.05, 0.1) is 30.3 Å². The lowest BCUT2D eigenvalue weighted by Crippen LogP contribution is -2.50. The van der Waals surface area contributed by atoms with E-state index in [0.29, 0.717) is 17.9 Å². The van der Waals surface area contributed by atoms with Crippen molar-refractivity contribution in [3.8, 4) is 6.07 Å². The lowest BCUT2D eigenvalue weighted by atomic mass is 10.0. The van der Waals surface area contributed by atoms with Crippen LogP contribution in [-0.4, -0.2) is 24.4 Å². The molecule has 132 valence electrons. The third-order valence-electron chi connectivity index (χ3n) is 4.33. The molecule has 0 spiro atoms. The molecule has 0 fully saturated rings. The number of benzene rings is 2. The van der Waals surface area contributed by atoms with Crippen molar-refractivity contribution in [2.24, 2.45) is 0 Å². The number of aryl methyl sites for hydroxylation is 1. The summed E-state index contributed by atoms with van der Waals surface area (Å²) in [6.45, 7) is 2.37. The van der Waals surface area contributed by atoms with Gasteiger partial charge in [-0.15, -0.1) is 0 Å². The van der Waals surface area contributed by atoms with E-state index in [-0.39, 0.29) is 24.7 Å². The lowest BCUT2D eigenvalue weighted by molar-refractivity contribution is -0.122. The van der Waals surface area contributed by atoms with Crippen molar-refractivity contribution in [2.45, 2.75) is 25.8 Å². The van der Waals surface area contributed by atoms with Crippen LogP contribution in [-0.2, 0) is 9.59 Å². The van der Waals surface area contributed by atoms with Gasteiger partial charge in [0.25, 0.3) is 0 Å². The molecular weight excluding hydrogens is 328 g/mol. The number of carbonyl (C=O) groups excluding carboxylic acids is 2. The zero-order valence-electron chi connectivity index (χ0n) is 14.5. The van der Waals surface area contributed by atoms with Gasteiger partial charge in [-0.25, -0.2) is 0 Å². The average Bonchev–Trinajstić information content (AvgIpc) is 2.63. The highest BCUT2D eigenvalue weighted by Crippen LogP contribution is 2.32. The number of amides is 2. The van der Waals surface area contributed by atoms with Gasteiger partial charge in [0.15, 0.2) is 0 Å². The summed E-state index contributed by atoms with van der Waals surface area (Å²) < 4.78 is 0. The first-order valence-corrected chi connectivity index (χ1v) is 8.48. The van der Waals surface area contributed by atoms with Crippen molar-refractivity contribution < 1.29 is 9.59 Å². The molecular formula is C20H20N4O2. The van der Waals surface area contributed by atoms with E-state index in [4.69, 9.17) is 5.26 Å². The molecule has 0 aromatic heterocycles. The average molecular weight is 348 g/mol. The van der Waals surface area contributed by atoms with Gasteiger partial charge in [0.2, 0.25) is 11.8 Å². The number of fused-ring (bicyclic) bond motifs is 1. The van der Waals surface area contributed by atoms with Crippen LogP contribution in [0.3, 0.4) is 0 Å². The number of rotatable bonds is 5. The number of carbonyl (C=O) groups is 2. The molecule has 1 aliphatic heterocycles. The fraction of sp³-hybridized carbons (Fsp3) is 0.250. The molecule has 1 atom stereocenters. The van der Waals surface area contributed by atoms with E-state index in [1.165, 1.54) is 0 Å². The molecule has 2 aromatic rings. The minimum atomic E-state index is -0.649. The maximum Gasteiger partial charge on any atom is 0.247 e. The Labute approximate surface area is 152 Å². The van der Waals surface area contributed by atoms with Gasteiger partial charge in [-0.2, -0.15) is 5.26 Å². The molecule has 0 unspecified atom stereocenters. The largest absolute Gasteiger partial charge is 0.356 e. The van der Waals surface area contributed by atoms with E-state index in [0.717, 1.165) is 11.3 Å². The van der Waals surface area contributed by atoms with Crippen molar-refractivity contribution in [2.75, 3.05) is 22.1 Å². The number of hydrogen-bond acceptors (Lipinski definition) is 4. The summed E-state index contributed by atoms with van der Waals surface area (Å²) in [6, 6.07) is 16.4. The smallest absolute Gasteiger partial charge is 0.247 e. The highest BCUT2D eigenvalue weighted by molar-refractivity contribution is 6.06. The SMILES string of the molecule is Cc1ccc(NC(=O)C[C@H]2C(=O)Nc3ccccc3N2CCC#N)cc1. The van der Waals surface area contributed by atoms with Crippen LogP contribution < -0.4 is 15.5 Å². The first-order valence-electron chi connectivity index (χ1n) is 8.48. The predicted octanol–water partition coefficient (Wildman–Crippen LogP) is 3.06. The Morgan fingerprint density at radius 3 is 2.69 bits per heavy atom. The monoisotopic (exact) mass is 348 g/mol. The van der Waals surface area contributed by atoms with Crippen LogP contribution in [0, 0.1) is 18.3 Å². The topological polar surface area (TPSA) is 85.2 Å². The molecule has 6 heteroatoms. The van der Waals surface area contributed by atoms with E-state index in [9.17, 15) is 9.59 Å². The summed E-state index contributed by atoms with van der Waals surface area (Å²) in [4.78, 5) is 26.8. The fourth-order valence-corrected chi connectivity index (χ4v) is 3.03. The highest BCUT2D eigenvalue weighted by Gasteiger charge is 2.34. The van der Waals surface area contributed by atoms with Crippen LogP contribution in [0.25, 0.3) is 0 Å². The minimum Gasteiger partial charge on any atom is -0.356 e. The highest BCUT2D eigenvalue weighted by atomic mass is 16.2. The molecule has 0 saturated carbocycles. The van der Waals surface area contributed by atoms with Crippen LogP contribution in [0.2, 0.25) is 0 Å². The van der Waals surface area contributed by atoms with Crippen LogP contribution in [0.1, 0.15) is 18.4 Å². The summed E-state index contributed by atoms with van der Waals surface area (Å²) in [6.07, 6.45) is 0.289. The summed E-state index contributed by atoms with van der Waals surface area (Å²) in [5.74, 6) is -0.476. The zero-order valence-corrected chi connectivity index (χ0v) is 14.5. The number of nitrogens with one attached hydrogen (secondary N) is 2. The van der Waals surface area contributed by atoms with Crippen LogP contribution >= 0.6 is 0 Å². The molecule has 1 aliphatic rings. The maximum atomic E-state index is 12.5. The van der Waals surface area contributed by atoms with Crippen molar-refractivity contribution in [1.82, 2.24) is 0 Å².